The Morgan fingerprint density at radius 2 is 2.04 bits per heavy atom. The van der Waals surface area contributed by atoms with Crippen molar-refractivity contribution in [3.8, 4) is 0 Å². The summed E-state index contributed by atoms with van der Waals surface area (Å²) in [6.45, 7) is 7.08. The number of nitrogens with zero attached hydrogens (tertiary/aromatic N) is 2. The molecule has 0 aliphatic carbocycles. The Morgan fingerprint density at radius 3 is 2.59 bits per heavy atom. The second-order valence-electron chi connectivity index (χ2n) is 7.07. The first-order chi connectivity index (χ1) is 12.7. The van der Waals surface area contributed by atoms with E-state index in [4.69, 9.17) is 16.3 Å². The van der Waals surface area contributed by atoms with Crippen molar-refractivity contribution in [1.29, 1.82) is 0 Å². The van der Waals surface area contributed by atoms with Crippen LogP contribution in [0.5, 0.6) is 0 Å². The van der Waals surface area contributed by atoms with E-state index in [1.807, 2.05) is 19.2 Å². The second-order valence-corrected chi connectivity index (χ2v) is 7.48. The fourth-order valence-electron chi connectivity index (χ4n) is 4.20. The molecule has 1 aromatic carbocycles. The van der Waals surface area contributed by atoms with E-state index in [9.17, 15) is 0 Å². The quantitative estimate of drug-likeness (QED) is 0.335. The number of aliphatic imine (C=N–C) groups is 1. The lowest BCUT2D eigenvalue weighted by molar-refractivity contribution is 0.0992. The smallest absolute Gasteiger partial charge is 0.191 e. The van der Waals surface area contributed by atoms with Crippen LogP contribution in [0.2, 0.25) is 5.02 Å². The lowest BCUT2D eigenvalue weighted by Crippen LogP contribution is -2.49. The van der Waals surface area contributed by atoms with Gasteiger partial charge in [0.1, 0.15) is 0 Å². The van der Waals surface area contributed by atoms with E-state index >= 15 is 0 Å². The maximum absolute atomic E-state index is 6.49. The van der Waals surface area contributed by atoms with E-state index in [0.717, 1.165) is 49.0 Å². The summed E-state index contributed by atoms with van der Waals surface area (Å²) in [6.07, 6.45) is 4.20. The molecule has 2 fully saturated rings. The molecule has 2 heterocycles. The van der Waals surface area contributed by atoms with Crippen molar-refractivity contribution in [3.63, 3.8) is 0 Å². The van der Waals surface area contributed by atoms with Gasteiger partial charge in [-0.15, -0.1) is 24.0 Å². The minimum atomic E-state index is 0. The fourth-order valence-corrected chi connectivity index (χ4v) is 4.46. The summed E-state index contributed by atoms with van der Waals surface area (Å²) in [5.41, 5.74) is 1.16. The summed E-state index contributed by atoms with van der Waals surface area (Å²) >= 11 is 6.49. The van der Waals surface area contributed by atoms with Gasteiger partial charge in [0.2, 0.25) is 0 Å². The summed E-state index contributed by atoms with van der Waals surface area (Å²) in [6, 6.07) is 8.69. The molecule has 0 aromatic heterocycles. The molecule has 5 nitrogen and oxygen atoms in total. The number of likely N-dealkylation sites (N-methyl/N-ethyl adjacent to an activating group) is 1. The Kier molecular flexibility index (Phi) is 9.11. The molecule has 4 unspecified atom stereocenters. The molecule has 2 N–H and O–H groups in total. The number of hydrogen-bond donors (Lipinski definition) is 2. The maximum atomic E-state index is 6.49. The Labute approximate surface area is 185 Å². The molecule has 2 aliphatic heterocycles. The minimum absolute atomic E-state index is 0. The van der Waals surface area contributed by atoms with Gasteiger partial charge in [0.15, 0.2) is 5.96 Å². The highest BCUT2D eigenvalue weighted by Crippen LogP contribution is 2.34. The molecule has 2 aliphatic rings. The van der Waals surface area contributed by atoms with Crippen LogP contribution < -0.4 is 10.6 Å². The third-order valence-electron chi connectivity index (χ3n) is 5.63. The summed E-state index contributed by atoms with van der Waals surface area (Å²) in [7, 11) is 1.82. The standard InChI is InChI=1S/C20H31ClN4O.HI/c1-4-25(5-2)18(15-8-6-7-9-16(15)21)13-23-20(22-3)24-17-12-14-10-11-19(17)26-14;/h6-9,14,17-19H,4-5,10-13H2,1-3H3,(H2,22,23,24);1H. The van der Waals surface area contributed by atoms with Gasteiger partial charge in [0.05, 0.1) is 24.3 Å². The first-order valence-corrected chi connectivity index (χ1v) is 10.1. The third kappa shape index (κ3) is 5.49. The molecule has 7 heteroatoms. The normalized spacial score (nSPS) is 25.4. The van der Waals surface area contributed by atoms with Crippen molar-refractivity contribution in [2.75, 3.05) is 26.7 Å². The average Bonchev–Trinajstić information content (AvgIpc) is 3.28. The lowest BCUT2D eigenvalue weighted by Gasteiger charge is -2.32. The Balaban J connectivity index is 0.00000261. The molecule has 2 saturated heterocycles. The van der Waals surface area contributed by atoms with Crippen molar-refractivity contribution < 1.29 is 4.74 Å². The van der Waals surface area contributed by atoms with Crippen LogP contribution in [0.25, 0.3) is 0 Å². The van der Waals surface area contributed by atoms with Gasteiger partial charge in [-0.3, -0.25) is 9.89 Å². The van der Waals surface area contributed by atoms with E-state index in [0.29, 0.717) is 18.2 Å². The summed E-state index contributed by atoms with van der Waals surface area (Å²) < 4.78 is 5.94. The van der Waals surface area contributed by atoms with E-state index < -0.39 is 0 Å². The Bertz CT molecular complexity index is 626. The van der Waals surface area contributed by atoms with Gasteiger partial charge < -0.3 is 15.4 Å². The number of guanidine groups is 1. The zero-order chi connectivity index (χ0) is 18.5. The molecule has 0 spiro atoms. The first kappa shape index (κ1) is 22.7. The van der Waals surface area contributed by atoms with Crippen molar-refractivity contribution in [3.05, 3.63) is 34.9 Å². The van der Waals surface area contributed by atoms with Crippen LogP contribution in [0.3, 0.4) is 0 Å². The van der Waals surface area contributed by atoms with Crippen LogP contribution in [0.15, 0.2) is 29.3 Å². The van der Waals surface area contributed by atoms with E-state index in [1.54, 1.807) is 0 Å². The Morgan fingerprint density at radius 1 is 1.30 bits per heavy atom. The topological polar surface area (TPSA) is 48.9 Å². The number of halogens is 2. The Hall–Kier alpha value is -0.570. The van der Waals surface area contributed by atoms with E-state index in [1.165, 1.54) is 6.42 Å². The van der Waals surface area contributed by atoms with Gasteiger partial charge in [-0.05, 0) is 44.0 Å². The van der Waals surface area contributed by atoms with Crippen molar-refractivity contribution in [1.82, 2.24) is 15.5 Å². The molecule has 0 radical (unpaired) electrons. The molecule has 152 valence electrons. The number of rotatable bonds is 7. The van der Waals surface area contributed by atoms with Gasteiger partial charge in [-0.1, -0.05) is 43.6 Å². The second kappa shape index (κ2) is 10.8. The molecule has 0 amide bonds. The van der Waals surface area contributed by atoms with Crippen LogP contribution in [0.4, 0.5) is 0 Å². The zero-order valence-electron chi connectivity index (χ0n) is 16.5. The summed E-state index contributed by atoms with van der Waals surface area (Å²) in [5.74, 6) is 0.843. The maximum Gasteiger partial charge on any atom is 0.191 e. The number of benzene rings is 1. The van der Waals surface area contributed by atoms with Crippen LogP contribution in [-0.2, 0) is 4.74 Å². The van der Waals surface area contributed by atoms with Gasteiger partial charge in [0, 0.05) is 18.6 Å². The number of hydrogen-bond acceptors (Lipinski definition) is 3. The number of nitrogens with one attached hydrogen (secondary N) is 2. The minimum Gasteiger partial charge on any atom is -0.373 e. The molecule has 27 heavy (non-hydrogen) atoms. The van der Waals surface area contributed by atoms with Crippen molar-refractivity contribution in [2.24, 2.45) is 4.99 Å². The van der Waals surface area contributed by atoms with Crippen LogP contribution >= 0.6 is 35.6 Å². The SMILES string of the molecule is CCN(CC)C(CNC(=NC)NC1CC2CCC1O2)c1ccccc1Cl.I. The predicted octanol–water partition coefficient (Wildman–Crippen LogP) is 3.83. The van der Waals surface area contributed by atoms with Gasteiger partial charge in [0.25, 0.3) is 0 Å². The molecule has 0 saturated carbocycles. The van der Waals surface area contributed by atoms with Crippen LogP contribution in [0, 0.1) is 0 Å². The zero-order valence-corrected chi connectivity index (χ0v) is 19.5. The number of ether oxygens (including phenoxy) is 1. The monoisotopic (exact) mass is 506 g/mol. The van der Waals surface area contributed by atoms with Gasteiger partial charge in [-0.25, -0.2) is 0 Å². The predicted molar refractivity (Wildman–Crippen MR) is 123 cm³/mol. The largest absolute Gasteiger partial charge is 0.373 e. The number of fused-ring (bicyclic) bond motifs is 2. The van der Waals surface area contributed by atoms with E-state index in [-0.39, 0.29) is 30.0 Å². The average molecular weight is 507 g/mol. The molecule has 4 atom stereocenters. The molecule has 3 rings (SSSR count). The molecule has 2 bridgehead atoms. The third-order valence-corrected chi connectivity index (χ3v) is 5.98. The van der Waals surface area contributed by atoms with Crippen molar-refractivity contribution in [2.45, 2.75) is 57.4 Å². The molecular weight excluding hydrogens is 475 g/mol. The van der Waals surface area contributed by atoms with Crippen LogP contribution in [-0.4, -0.2) is 55.8 Å². The first-order valence-electron chi connectivity index (χ1n) is 9.77. The van der Waals surface area contributed by atoms with E-state index in [2.05, 4.69) is 46.5 Å². The lowest BCUT2D eigenvalue weighted by atomic mass is 9.96. The highest BCUT2D eigenvalue weighted by Gasteiger charge is 2.41. The fraction of sp³-hybridized carbons (Fsp3) is 0.650. The highest BCUT2D eigenvalue weighted by molar-refractivity contribution is 14.0. The van der Waals surface area contributed by atoms with Gasteiger partial charge >= 0.3 is 0 Å². The summed E-state index contributed by atoms with van der Waals surface area (Å²) in [5, 5.41) is 7.88. The van der Waals surface area contributed by atoms with Gasteiger partial charge in [-0.2, -0.15) is 0 Å². The highest BCUT2D eigenvalue weighted by atomic mass is 127. The molecular formula is C20H32ClIN4O. The summed E-state index contributed by atoms with van der Waals surface area (Å²) in [4.78, 5) is 6.84. The van der Waals surface area contributed by atoms with Crippen molar-refractivity contribution >= 4 is 41.5 Å². The van der Waals surface area contributed by atoms with Crippen LogP contribution in [0.1, 0.15) is 44.7 Å². The molecule has 1 aromatic rings.